The van der Waals surface area contributed by atoms with Gasteiger partial charge in [0.25, 0.3) is 0 Å². The lowest BCUT2D eigenvalue weighted by molar-refractivity contribution is 0.145. The average Bonchev–Trinajstić information content (AvgIpc) is 3.38. The number of aryl methyl sites for hydroxylation is 4. The molecule has 49 heavy (non-hydrogen) atoms. The van der Waals surface area contributed by atoms with Crippen LogP contribution in [0.2, 0.25) is 0 Å². The van der Waals surface area contributed by atoms with Gasteiger partial charge in [-0.05, 0) is 75.6 Å². The molecule has 1 N–H and O–H groups in total. The van der Waals surface area contributed by atoms with Crippen LogP contribution < -0.4 is 0 Å². The summed E-state index contributed by atoms with van der Waals surface area (Å²) >= 11 is 0. The number of aliphatic hydroxyl groups excluding tert-OH is 1. The van der Waals surface area contributed by atoms with Gasteiger partial charge in [0, 0.05) is 53.2 Å². The first-order valence-corrected chi connectivity index (χ1v) is 19.1. The molecule has 1 fully saturated rings. The molecule has 3 aromatic heterocycles. The quantitative estimate of drug-likeness (QED) is 0.170. The van der Waals surface area contributed by atoms with Gasteiger partial charge in [-0.1, -0.05) is 140 Å². The van der Waals surface area contributed by atoms with Crippen LogP contribution >= 0.6 is 0 Å². The number of pyridine rings is 2. The van der Waals surface area contributed by atoms with E-state index in [4.69, 9.17) is 0 Å². The number of nitrogens with zero attached hydrogens (tertiary/aromatic N) is 3. The van der Waals surface area contributed by atoms with Crippen molar-refractivity contribution in [1.82, 2.24) is 14.5 Å². The lowest BCUT2D eigenvalue weighted by atomic mass is 9.82. The first kappa shape index (κ1) is 41.7. The molecule has 0 bridgehead atoms. The van der Waals surface area contributed by atoms with Gasteiger partial charge < -0.3 is 9.67 Å². The zero-order valence-electron chi connectivity index (χ0n) is 32.6. The number of fused-ring (bicyclic) bond motifs is 3. The number of benzene rings is 2. The molecule has 4 nitrogen and oxygen atoms in total. The number of hydrogen-bond acceptors (Lipinski definition) is 3. The van der Waals surface area contributed by atoms with Crippen LogP contribution in [0.3, 0.4) is 0 Å². The van der Waals surface area contributed by atoms with E-state index in [1.165, 1.54) is 83.4 Å². The Balaban J connectivity index is 0.000000251. The van der Waals surface area contributed by atoms with Crippen molar-refractivity contribution in [3.63, 3.8) is 0 Å². The molecule has 3 heterocycles. The van der Waals surface area contributed by atoms with Crippen LogP contribution in [0.4, 0.5) is 0 Å². The molecule has 1 aliphatic carbocycles. The molecule has 1 saturated carbocycles. The van der Waals surface area contributed by atoms with Gasteiger partial charge in [-0.2, -0.15) is 0 Å². The van der Waals surface area contributed by atoms with E-state index in [-0.39, 0.29) is 6.10 Å². The van der Waals surface area contributed by atoms with Crippen LogP contribution in [0.5, 0.6) is 0 Å². The van der Waals surface area contributed by atoms with Crippen molar-refractivity contribution in [2.45, 2.75) is 133 Å². The van der Waals surface area contributed by atoms with Crippen molar-refractivity contribution in [1.29, 1.82) is 0 Å². The summed E-state index contributed by atoms with van der Waals surface area (Å²) in [6, 6.07) is 21.2. The second-order valence-electron chi connectivity index (χ2n) is 13.6. The Labute approximate surface area is 299 Å². The van der Waals surface area contributed by atoms with E-state index in [0.717, 1.165) is 42.4 Å². The molecular weight excluding hydrogens is 599 g/mol. The summed E-state index contributed by atoms with van der Waals surface area (Å²) in [4.78, 5) is 8.63. The summed E-state index contributed by atoms with van der Waals surface area (Å²) in [6.45, 7) is 19.1. The summed E-state index contributed by atoms with van der Waals surface area (Å²) in [5, 5.41) is 11.8. The third-order valence-corrected chi connectivity index (χ3v) is 9.46. The fourth-order valence-electron chi connectivity index (χ4n) is 6.03. The number of rotatable bonds is 9. The Kier molecular flexibility index (Phi) is 19.6. The minimum Gasteiger partial charge on any atom is -0.393 e. The van der Waals surface area contributed by atoms with Crippen molar-refractivity contribution >= 4 is 21.8 Å². The van der Waals surface area contributed by atoms with E-state index in [9.17, 15) is 5.11 Å². The smallest absolute Gasteiger partial charge is 0.0540 e. The van der Waals surface area contributed by atoms with Crippen molar-refractivity contribution in [3.05, 3.63) is 96.1 Å². The maximum absolute atomic E-state index is 9.39. The first-order chi connectivity index (χ1) is 23.7. The standard InChI is InChI=1S/C18H15N3.C10H22O.C8H10.C7H14.C2H6/c1-12-3-4-14(10-20-12)13-5-6-15-16-11-19-8-7-17(16)21(2)18(15)9-13;1-4-6-10(11)8-7-9(3)5-2;1-7-4-3-5-8(2)6-7;1-2-4-7-5-3-6-7;1-2/h3-11H,1-2H3;9-11H,4-8H2,1-3H3;3-6H,1-2H3;7H,2-6H2,1H3;1-2H3. The topological polar surface area (TPSA) is 50.9 Å². The van der Waals surface area contributed by atoms with E-state index in [1.807, 2.05) is 45.4 Å². The highest BCUT2D eigenvalue weighted by atomic mass is 16.3. The Morgan fingerprint density at radius 3 is 1.98 bits per heavy atom. The third-order valence-electron chi connectivity index (χ3n) is 9.46. The van der Waals surface area contributed by atoms with E-state index < -0.39 is 0 Å². The van der Waals surface area contributed by atoms with E-state index in [1.54, 1.807) is 0 Å². The van der Waals surface area contributed by atoms with Gasteiger partial charge >= 0.3 is 0 Å². The van der Waals surface area contributed by atoms with Crippen LogP contribution in [0.25, 0.3) is 32.9 Å². The third kappa shape index (κ3) is 14.1. The minimum absolute atomic E-state index is 0.0472. The number of hydrogen-bond donors (Lipinski definition) is 1. The summed E-state index contributed by atoms with van der Waals surface area (Å²) in [6.07, 6.45) is 18.6. The zero-order chi connectivity index (χ0) is 36.2. The summed E-state index contributed by atoms with van der Waals surface area (Å²) in [7, 11) is 2.10. The maximum Gasteiger partial charge on any atom is 0.0540 e. The molecule has 0 aliphatic heterocycles. The van der Waals surface area contributed by atoms with Crippen molar-refractivity contribution < 1.29 is 5.11 Å². The SMILES string of the molecule is CC.CCCC(O)CCC(C)CC.CCCC1CCC1.Cc1ccc(-c2ccc3c4cnccc4n(C)c3c2)cn1.Cc1cccc(C)c1. The molecule has 5 aromatic rings. The molecule has 0 saturated heterocycles. The molecule has 0 spiro atoms. The van der Waals surface area contributed by atoms with Crippen LogP contribution in [0.1, 0.15) is 123 Å². The fourth-order valence-corrected chi connectivity index (χ4v) is 6.03. The van der Waals surface area contributed by atoms with Gasteiger partial charge in [-0.15, -0.1) is 0 Å². The first-order valence-electron chi connectivity index (χ1n) is 19.1. The van der Waals surface area contributed by atoms with Crippen LogP contribution in [0.15, 0.2) is 79.3 Å². The monoisotopic (exact) mass is 666 g/mol. The minimum atomic E-state index is -0.0472. The Bertz CT molecular complexity index is 1580. The Morgan fingerprint density at radius 1 is 0.776 bits per heavy atom. The molecule has 1 aliphatic rings. The summed E-state index contributed by atoms with van der Waals surface area (Å²) in [5.74, 6) is 1.91. The molecule has 6 rings (SSSR count). The largest absolute Gasteiger partial charge is 0.393 e. The highest BCUT2D eigenvalue weighted by Crippen LogP contribution is 2.31. The molecule has 4 heteroatoms. The van der Waals surface area contributed by atoms with Gasteiger partial charge in [0.1, 0.15) is 0 Å². The van der Waals surface area contributed by atoms with Crippen LogP contribution in [-0.2, 0) is 7.05 Å². The van der Waals surface area contributed by atoms with Gasteiger partial charge in [-0.3, -0.25) is 9.97 Å². The predicted molar refractivity (Wildman–Crippen MR) is 215 cm³/mol. The summed E-state index contributed by atoms with van der Waals surface area (Å²) < 4.78 is 2.22. The molecule has 2 unspecified atom stereocenters. The molecule has 0 radical (unpaired) electrons. The fraction of sp³-hybridized carbons (Fsp3) is 0.511. The molecule has 268 valence electrons. The Morgan fingerprint density at radius 2 is 1.47 bits per heavy atom. The average molecular weight is 666 g/mol. The van der Waals surface area contributed by atoms with E-state index >= 15 is 0 Å². The normalized spacial score (nSPS) is 13.3. The zero-order valence-corrected chi connectivity index (χ0v) is 32.6. The molecule has 2 aromatic carbocycles. The second kappa shape index (κ2) is 23.0. The maximum atomic E-state index is 9.39. The van der Waals surface area contributed by atoms with Crippen molar-refractivity contribution in [3.8, 4) is 11.1 Å². The van der Waals surface area contributed by atoms with E-state index in [2.05, 4.69) is 118 Å². The van der Waals surface area contributed by atoms with E-state index in [0.29, 0.717) is 0 Å². The predicted octanol–water partition coefficient (Wildman–Crippen LogP) is 13.0. The van der Waals surface area contributed by atoms with Crippen LogP contribution in [-0.4, -0.2) is 25.7 Å². The second-order valence-corrected chi connectivity index (χ2v) is 13.6. The molecule has 2 atom stereocenters. The van der Waals surface area contributed by atoms with Crippen molar-refractivity contribution in [2.24, 2.45) is 18.9 Å². The van der Waals surface area contributed by atoms with Crippen LogP contribution in [0, 0.1) is 32.6 Å². The van der Waals surface area contributed by atoms with Gasteiger partial charge in [0.15, 0.2) is 0 Å². The van der Waals surface area contributed by atoms with Crippen molar-refractivity contribution in [2.75, 3.05) is 0 Å². The number of aliphatic hydroxyl groups is 1. The molecular formula is C45H67N3O. The number of aromatic nitrogens is 3. The highest BCUT2D eigenvalue weighted by molar-refractivity contribution is 6.08. The van der Waals surface area contributed by atoms with Gasteiger partial charge in [-0.25, -0.2) is 0 Å². The lowest BCUT2D eigenvalue weighted by Gasteiger charge is -2.24. The molecule has 0 amide bonds. The van der Waals surface area contributed by atoms with Gasteiger partial charge in [0.05, 0.1) is 11.6 Å². The summed E-state index contributed by atoms with van der Waals surface area (Å²) in [5.41, 5.74) is 8.47. The van der Waals surface area contributed by atoms with Gasteiger partial charge in [0.2, 0.25) is 0 Å². The Hall–Kier alpha value is -3.50. The lowest BCUT2D eigenvalue weighted by Crippen LogP contribution is -2.09. The highest BCUT2D eigenvalue weighted by Gasteiger charge is 2.15.